The summed E-state index contributed by atoms with van der Waals surface area (Å²) in [6, 6.07) is 6.48. The lowest BCUT2D eigenvalue weighted by molar-refractivity contribution is 1.33. The van der Waals surface area contributed by atoms with Crippen molar-refractivity contribution in [3.8, 4) is 0 Å². The highest BCUT2D eigenvalue weighted by molar-refractivity contribution is 14.1. The van der Waals surface area contributed by atoms with Crippen molar-refractivity contribution >= 4 is 22.6 Å². The molecule has 0 unspecified atom stereocenters. The minimum Gasteiger partial charge on any atom is -0.0537 e. The molecule has 34 valence electrons. The van der Waals surface area contributed by atoms with Gasteiger partial charge in [-0.1, -0.05) is 12.1 Å². The van der Waals surface area contributed by atoms with Crippen LogP contribution in [-0.4, -0.2) is 0 Å². The first-order chi connectivity index (χ1) is 3.38. The predicted molar refractivity (Wildman–Crippen MR) is 36.8 cm³/mol. The molecule has 0 saturated carbocycles. The van der Waals surface area contributed by atoms with E-state index in [2.05, 4.69) is 40.8 Å². The maximum Gasteiger partial charge on any atom is 0.0214 e. The zero-order chi connectivity index (χ0) is 4.85. The van der Waals surface area contributed by atoms with Crippen LogP contribution in [0.5, 0.6) is 0 Å². The van der Waals surface area contributed by atoms with Crippen molar-refractivity contribution in [1.82, 2.24) is 0 Å². The van der Waals surface area contributed by atoms with Crippen molar-refractivity contribution < 1.29 is 0 Å². The summed E-state index contributed by atoms with van der Waals surface area (Å²) >= 11 is 2.34. The van der Waals surface area contributed by atoms with E-state index in [0.717, 1.165) is 0 Å². The van der Waals surface area contributed by atoms with Gasteiger partial charge in [0.05, 0.1) is 0 Å². The lowest BCUT2D eigenvalue weighted by Gasteiger charge is -2.02. The Balaban J connectivity index is 3.02. The second kappa shape index (κ2) is 1.02. The molecule has 0 bridgehead atoms. The third-order valence-electron chi connectivity index (χ3n) is 1.28. The summed E-state index contributed by atoms with van der Waals surface area (Å²) < 4.78 is 1.41. The Morgan fingerprint density at radius 3 is 2.14 bits per heavy atom. The van der Waals surface area contributed by atoms with Gasteiger partial charge in [0.25, 0.3) is 0 Å². The van der Waals surface area contributed by atoms with E-state index in [-0.39, 0.29) is 0 Å². The van der Waals surface area contributed by atoms with Crippen LogP contribution in [0.1, 0.15) is 0 Å². The average molecular weight is 202 g/mol. The maximum absolute atomic E-state index is 2.34. The summed E-state index contributed by atoms with van der Waals surface area (Å²) in [5.41, 5.74) is 0. The van der Waals surface area contributed by atoms with Crippen LogP contribution in [0.4, 0.5) is 0 Å². The Bertz CT molecular complexity index is 288. The van der Waals surface area contributed by atoms with Crippen LogP contribution in [0.15, 0.2) is 18.2 Å². The van der Waals surface area contributed by atoms with E-state index in [0.29, 0.717) is 0 Å². The van der Waals surface area contributed by atoms with Gasteiger partial charge in [0, 0.05) is 3.57 Å². The average Bonchev–Trinajstić information content (AvgIpc) is 1.59. The number of halogens is 1. The first-order valence-corrected chi connectivity index (χ1v) is 3.26. The minimum absolute atomic E-state index is 1.41. The summed E-state index contributed by atoms with van der Waals surface area (Å²) in [7, 11) is 0. The largest absolute Gasteiger partial charge is 0.0537 e. The Kier molecular flexibility index (Phi) is 0.568. The van der Waals surface area contributed by atoms with Crippen molar-refractivity contribution in [1.29, 1.82) is 0 Å². The SMILES string of the molecule is Ic1cc2ccc1=2. The second-order valence-corrected chi connectivity index (χ2v) is 2.86. The van der Waals surface area contributed by atoms with Crippen LogP contribution in [0.2, 0.25) is 0 Å². The molecule has 2 aliphatic rings. The minimum atomic E-state index is 1.41. The zero-order valence-corrected chi connectivity index (χ0v) is 5.77. The highest BCUT2D eigenvalue weighted by Gasteiger charge is 1.99. The molecule has 2 aliphatic carbocycles. The molecule has 0 aromatic rings. The normalized spacial score (nSPS) is 11.6. The Morgan fingerprint density at radius 1 is 1.29 bits per heavy atom. The molecule has 1 heteroatoms. The molecule has 0 heterocycles. The van der Waals surface area contributed by atoms with Gasteiger partial charge in [-0.25, -0.2) is 0 Å². The Hall–Kier alpha value is -0.0500. The Labute approximate surface area is 55.0 Å². The van der Waals surface area contributed by atoms with Crippen molar-refractivity contribution in [2.24, 2.45) is 0 Å². The van der Waals surface area contributed by atoms with Gasteiger partial charge in [-0.05, 0) is 39.1 Å². The van der Waals surface area contributed by atoms with Crippen LogP contribution in [-0.2, 0) is 0 Å². The van der Waals surface area contributed by atoms with E-state index in [4.69, 9.17) is 0 Å². The molecule has 0 aliphatic heterocycles. The quantitative estimate of drug-likeness (QED) is 0.572. The molecule has 0 aromatic heterocycles. The fraction of sp³-hybridized carbons (Fsp3) is 0. The van der Waals surface area contributed by atoms with Gasteiger partial charge in [-0.15, -0.1) is 0 Å². The van der Waals surface area contributed by atoms with Gasteiger partial charge < -0.3 is 0 Å². The second-order valence-electron chi connectivity index (χ2n) is 1.69. The molecule has 0 radical (unpaired) electrons. The van der Waals surface area contributed by atoms with E-state index < -0.39 is 0 Å². The molecule has 0 fully saturated rings. The molecule has 0 N–H and O–H groups in total. The highest BCUT2D eigenvalue weighted by Crippen LogP contribution is 2.16. The van der Waals surface area contributed by atoms with Gasteiger partial charge in [-0.2, -0.15) is 0 Å². The predicted octanol–water partition coefficient (Wildman–Crippen LogP) is 1.89. The van der Waals surface area contributed by atoms with Crippen LogP contribution < -0.4 is 0 Å². The summed E-state index contributed by atoms with van der Waals surface area (Å²) in [5.74, 6) is 0. The third-order valence-corrected chi connectivity index (χ3v) is 2.17. The molecule has 7 heavy (non-hydrogen) atoms. The third kappa shape index (κ3) is 0.323. The molecule has 0 saturated heterocycles. The molecule has 2 rings (SSSR count). The molecule has 0 spiro atoms. The molecule has 0 atom stereocenters. The molecule has 0 aromatic carbocycles. The maximum atomic E-state index is 2.34. The van der Waals surface area contributed by atoms with Crippen LogP contribution in [0.3, 0.4) is 0 Å². The molecule has 0 nitrogen and oxygen atoms in total. The van der Waals surface area contributed by atoms with E-state index in [1.165, 1.54) is 14.0 Å². The highest BCUT2D eigenvalue weighted by atomic mass is 127. The standard InChI is InChI=1S/C6H3I/c7-6-3-4-1-2-5(4)6/h1-3H. The van der Waals surface area contributed by atoms with Gasteiger partial charge in [0.1, 0.15) is 0 Å². The van der Waals surface area contributed by atoms with Crippen LogP contribution in [0, 0.1) is 14.0 Å². The van der Waals surface area contributed by atoms with E-state index in [9.17, 15) is 0 Å². The van der Waals surface area contributed by atoms with E-state index in [1.807, 2.05) is 0 Å². The van der Waals surface area contributed by atoms with E-state index in [1.54, 1.807) is 0 Å². The van der Waals surface area contributed by atoms with Gasteiger partial charge >= 0.3 is 0 Å². The monoisotopic (exact) mass is 202 g/mol. The van der Waals surface area contributed by atoms with Crippen molar-refractivity contribution in [2.45, 2.75) is 0 Å². The fourth-order valence-corrected chi connectivity index (χ4v) is 1.57. The van der Waals surface area contributed by atoms with Crippen molar-refractivity contribution in [3.05, 3.63) is 32.2 Å². The summed E-state index contributed by atoms with van der Waals surface area (Å²) in [5, 5.41) is 2.89. The fourth-order valence-electron chi connectivity index (χ4n) is 0.743. The lowest BCUT2D eigenvalue weighted by atomic mass is 10.1. The summed E-state index contributed by atoms with van der Waals surface area (Å²) in [4.78, 5) is 0. The summed E-state index contributed by atoms with van der Waals surface area (Å²) in [6.45, 7) is 0. The number of hydrogen-bond donors (Lipinski definition) is 0. The first-order valence-electron chi connectivity index (χ1n) is 2.18. The van der Waals surface area contributed by atoms with Gasteiger partial charge in [0.2, 0.25) is 0 Å². The topological polar surface area (TPSA) is 0 Å². The number of rotatable bonds is 0. The molecule has 0 amide bonds. The van der Waals surface area contributed by atoms with Gasteiger partial charge in [0.15, 0.2) is 0 Å². The van der Waals surface area contributed by atoms with Gasteiger partial charge in [-0.3, -0.25) is 0 Å². The molecular weight excluding hydrogens is 199 g/mol. The lowest BCUT2D eigenvalue weighted by Crippen LogP contribution is -1.88. The number of benzene rings is 1. The van der Waals surface area contributed by atoms with Crippen LogP contribution >= 0.6 is 22.6 Å². The number of hydrogen-bond acceptors (Lipinski definition) is 0. The van der Waals surface area contributed by atoms with Crippen molar-refractivity contribution in [3.63, 3.8) is 0 Å². The summed E-state index contributed by atoms with van der Waals surface area (Å²) in [6.07, 6.45) is 0. The Morgan fingerprint density at radius 2 is 2.14 bits per heavy atom. The van der Waals surface area contributed by atoms with Crippen LogP contribution in [0.25, 0.3) is 0 Å². The first kappa shape index (κ1) is 3.89. The molecular formula is C6H3I. The zero-order valence-electron chi connectivity index (χ0n) is 3.61. The van der Waals surface area contributed by atoms with Crippen molar-refractivity contribution in [2.75, 3.05) is 0 Å². The smallest absolute Gasteiger partial charge is 0.0214 e. The van der Waals surface area contributed by atoms with E-state index >= 15 is 0 Å².